The fourth-order valence-corrected chi connectivity index (χ4v) is 3.36. The Labute approximate surface area is 135 Å². The second-order valence-corrected chi connectivity index (χ2v) is 6.37. The first-order chi connectivity index (χ1) is 9.61. The summed E-state index contributed by atoms with van der Waals surface area (Å²) >= 11 is 7.07. The zero-order valence-corrected chi connectivity index (χ0v) is 14.3. The Hall–Kier alpha value is -0.710. The van der Waals surface area contributed by atoms with E-state index in [2.05, 4.69) is 50.2 Å². The summed E-state index contributed by atoms with van der Waals surface area (Å²) in [5.41, 5.74) is 2.20. The van der Waals surface area contributed by atoms with Gasteiger partial charge < -0.3 is 5.32 Å². The molecule has 2 aromatic carbocycles. The van der Waals surface area contributed by atoms with Crippen molar-refractivity contribution >= 4 is 31.9 Å². The van der Waals surface area contributed by atoms with Gasteiger partial charge in [-0.1, -0.05) is 57.0 Å². The van der Waals surface area contributed by atoms with Gasteiger partial charge in [0.1, 0.15) is 5.82 Å². The first-order valence-corrected chi connectivity index (χ1v) is 8.14. The Morgan fingerprint density at radius 1 is 1.10 bits per heavy atom. The fourth-order valence-electron chi connectivity index (χ4n) is 2.09. The molecule has 0 heterocycles. The van der Waals surface area contributed by atoms with E-state index >= 15 is 0 Å². The van der Waals surface area contributed by atoms with Crippen LogP contribution in [0, 0.1) is 5.82 Å². The number of hydrogen-bond acceptors (Lipinski definition) is 1. The fraction of sp³-hybridized carbons (Fsp3) is 0.250. The van der Waals surface area contributed by atoms with E-state index in [0.717, 1.165) is 33.0 Å². The molecule has 0 saturated carbocycles. The third kappa shape index (κ3) is 3.90. The van der Waals surface area contributed by atoms with E-state index in [1.54, 1.807) is 0 Å². The summed E-state index contributed by atoms with van der Waals surface area (Å²) in [5, 5.41) is 3.51. The van der Waals surface area contributed by atoms with Crippen LogP contribution in [0.25, 0.3) is 0 Å². The van der Waals surface area contributed by atoms with E-state index < -0.39 is 0 Å². The lowest BCUT2D eigenvalue weighted by Crippen LogP contribution is -2.23. The average molecular weight is 401 g/mol. The van der Waals surface area contributed by atoms with Gasteiger partial charge in [-0.05, 0) is 48.4 Å². The van der Waals surface area contributed by atoms with E-state index in [-0.39, 0.29) is 11.9 Å². The molecule has 0 aliphatic heterocycles. The molecule has 0 fully saturated rings. The predicted octanol–water partition coefficient (Wildman–Crippen LogP) is 5.44. The minimum atomic E-state index is -0.210. The lowest BCUT2D eigenvalue weighted by molar-refractivity contribution is 0.591. The van der Waals surface area contributed by atoms with Crippen LogP contribution in [0.4, 0.5) is 4.39 Å². The molecule has 106 valence electrons. The molecule has 1 N–H and O–H groups in total. The summed E-state index contributed by atoms with van der Waals surface area (Å²) in [6.45, 7) is 3.04. The predicted molar refractivity (Wildman–Crippen MR) is 88.4 cm³/mol. The van der Waals surface area contributed by atoms with Crippen LogP contribution >= 0.6 is 31.9 Å². The Morgan fingerprint density at radius 2 is 1.80 bits per heavy atom. The van der Waals surface area contributed by atoms with Gasteiger partial charge in [-0.25, -0.2) is 4.39 Å². The lowest BCUT2D eigenvalue weighted by atomic mass is 9.98. The lowest BCUT2D eigenvalue weighted by Gasteiger charge is -2.21. The van der Waals surface area contributed by atoms with E-state index in [1.807, 2.05) is 24.3 Å². The zero-order valence-electron chi connectivity index (χ0n) is 11.2. The maximum Gasteiger partial charge on any atom is 0.123 e. The Morgan fingerprint density at radius 3 is 2.40 bits per heavy atom. The van der Waals surface area contributed by atoms with Gasteiger partial charge in [-0.3, -0.25) is 0 Å². The molecule has 20 heavy (non-hydrogen) atoms. The molecule has 2 aromatic rings. The highest BCUT2D eigenvalue weighted by Gasteiger charge is 2.16. The number of nitrogens with one attached hydrogen (secondary N) is 1. The second-order valence-electron chi connectivity index (χ2n) is 4.60. The topological polar surface area (TPSA) is 12.0 Å². The highest BCUT2D eigenvalue weighted by molar-refractivity contribution is 9.11. The first kappa shape index (κ1) is 15.7. The molecule has 0 amide bonds. The van der Waals surface area contributed by atoms with Gasteiger partial charge in [-0.15, -0.1) is 0 Å². The third-order valence-electron chi connectivity index (χ3n) is 3.08. The molecular formula is C16H16Br2FN. The summed E-state index contributed by atoms with van der Waals surface area (Å²) in [6, 6.07) is 12.8. The largest absolute Gasteiger partial charge is 0.306 e. The molecule has 2 rings (SSSR count). The van der Waals surface area contributed by atoms with Gasteiger partial charge in [0.15, 0.2) is 0 Å². The highest BCUT2D eigenvalue weighted by atomic mass is 79.9. The molecule has 0 aliphatic rings. The van der Waals surface area contributed by atoms with Crippen molar-refractivity contribution in [3.8, 4) is 0 Å². The first-order valence-electron chi connectivity index (χ1n) is 6.55. The molecule has 1 unspecified atom stereocenters. The molecular weight excluding hydrogens is 385 g/mol. The minimum absolute atomic E-state index is 0.0537. The van der Waals surface area contributed by atoms with Crippen LogP contribution in [-0.4, -0.2) is 6.54 Å². The molecule has 1 nitrogen and oxygen atoms in total. The van der Waals surface area contributed by atoms with Crippen LogP contribution in [0.5, 0.6) is 0 Å². The standard InChI is InChI=1S/C16H16Br2FN/c1-2-9-20-16(11-3-6-13(19)7-4-11)14-8-5-12(17)10-15(14)18/h3-8,10,16,20H,2,9H2,1H3. The van der Waals surface area contributed by atoms with E-state index in [9.17, 15) is 4.39 Å². The Kier molecular flexibility index (Phi) is 5.75. The van der Waals surface area contributed by atoms with Gasteiger partial charge >= 0.3 is 0 Å². The van der Waals surface area contributed by atoms with Gasteiger partial charge in [0.2, 0.25) is 0 Å². The third-order valence-corrected chi connectivity index (χ3v) is 4.26. The monoisotopic (exact) mass is 399 g/mol. The molecule has 0 radical (unpaired) electrons. The molecule has 0 aromatic heterocycles. The van der Waals surface area contributed by atoms with Crippen LogP contribution in [0.15, 0.2) is 51.4 Å². The highest BCUT2D eigenvalue weighted by Crippen LogP contribution is 2.31. The van der Waals surface area contributed by atoms with Crippen molar-refractivity contribution in [3.05, 3.63) is 68.4 Å². The summed E-state index contributed by atoms with van der Waals surface area (Å²) in [5.74, 6) is -0.210. The quantitative estimate of drug-likeness (QED) is 0.704. The van der Waals surface area contributed by atoms with Gasteiger partial charge in [0.25, 0.3) is 0 Å². The number of benzene rings is 2. The Balaban J connectivity index is 2.38. The van der Waals surface area contributed by atoms with E-state index in [4.69, 9.17) is 0 Å². The minimum Gasteiger partial charge on any atom is -0.306 e. The Bertz CT molecular complexity index is 569. The van der Waals surface area contributed by atoms with Crippen LogP contribution in [0.1, 0.15) is 30.5 Å². The molecule has 0 saturated heterocycles. The van der Waals surface area contributed by atoms with Crippen LogP contribution in [0.3, 0.4) is 0 Å². The maximum atomic E-state index is 13.1. The van der Waals surface area contributed by atoms with Crippen molar-refractivity contribution in [1.82, 2.24) is 5.32 Å². The van der Waals surface area contributed by atoms with Gasteiger partial charge in [0, 0.05) is 8.95 Å². The van der Waals surface area contributed by atoms with Gasteiger partial charge in [0.05, 0.1) is 6.04 Å². The summed E-state index contributed by atoms with van der Waals surface area (Å²) in [7, 11) is 0. The van der Waals surface area contributed by atoms with Crippen molar-refractivity contribution < 1.29 is 4.39 Å². The van der Waals surface area contributed by atoms with Crippen molar-refractivity contribution in [2.24, 2.45) is 0 Å². The van der Waals surface area contributed by atoms with E-state index in [0.29, 0.717) is 0 Å². The molecule has 4 heteroatoms. The summed E-state index contributed by atoms with van der Waals surface area (Å²) < 4.78 is 15.2. The average Bonchev–Trinajstić information content (AvgIpc) is 2.42. The van der Waals surface area contributed by atoms with Crippen molar-refractivity contribution in [3.63, 3.8) is 0 Å². The van der Waals surface area contributed by atoms with Gasteiger partial charge in [-0.2, -0.15) is 0 Å². The van der Waals surface area contributed by atoms with E-state index in [1.165, 1.54) is 12.1 Å². The molecule has 1 atom stereocenters. The smallest absolute Gasteiger partial charge is 0.123 e. The number of halogens is 3. The summed E-state index contributed by atoms with van der Waals surface area (Å²) in [6.07, 6.45) is 1.05. The van der Waals surface area contributed by atoms with Crippen molar-refractivity contribution in [1.29, 1.82) is 0 Å². The summed E-state index contributed by atoms with van der Waals surface area (Å²) in [4.78, 5) is 0. The number of hydrogen-bond donors (Lipinski definition) is 1. The SMILES string of the molecule is CCCNC(c1ccc(F)cc1)c1ccc(Br)cc1Br. The molecule has 0 spiro atoms. The maximum absolute atomic E-state index is 13.1. The normalized spacial score (nSPS) is 12.4. The molecule has 0 aliphatic carbocycles. The van der Waals surface area contributed by atoms with Crippen LogP contribution in [-0.2, 0) is 0 Å². The molecule has 0 bridgehead atoms. The van der Waals surface area contributed by atoms with Crippen LogP contribution < -0.4 is 5.32 Å². The van der Waals surface area contributed by atoms with Crippen molar-refractivity contribution in [2.75, 3.05) is 6.54 Å². The van der Waals surface area contributed by atoms with Crippen LogP contribution in [0.2, 0.25) is 0 Å². The zero-order chi connectivity index (χ0) is 14.5. The van der Waals surface area contributed by atoms with Crippen molar-refractivity contribution in [2.45, 2.75) is 19.4 Å². The second kappa shape index (κ2) is 7.34. The number of rotatable bonds is 5.